The highest BCUT2D eigenvalue weighted by Crippen LogP contribution is 2.03. The van der Waals surface area contributed by atoms with E-state index in [1.165, 1.54) is 0 Å². The van der Waals surface area contributed by atoms with Gasteiger partial charge in [0.15, 0.2) is 0 Å². The molecule has 1 aromatic heterocycles. The topological polar surface area (TPSA) is 71.6 Å². The van der Waals surface area contributed by atoms with Crippen molar-refractivity contribution in [1.82, 2.24) is 15.4 Å². The Morgan fingerprint density at radius 3 is 2.80 bits per heavy atom. The zero-order chi connectivity index (χ0) is 6.10. The maximum absolute atomic E-state index is 3.81. The van der Waals surface area contributed by atoms with Gasteiger partial charge in [0.25, 0.3) is 0 Å². The third-order valence-electron chi connectivity index (χ3n) is 1.23. The summed E-state index contributed by atoms with van der Waals surface area (Å²) in [7, 11) is 0. The van der Waals surface area contributed by atoms with Gasteiger partial charge in [0.05, 0.1) is 5.52 Å². The van der Waals surface area contributed by atoms with Gasteiger partial charge in [-0.25, -0.2) is 0 Å². The number of aromatic amines is 1. The molecule has 0 amide bonds. The Balaban J connectivity index is 0.000000500. The van der Waals surface area contributed by atoms with E-state index in [0.717, 1.165) is 11.0 Å². The summed E-state index contributed by atoms with van der Waals surface area (Å²) in [4.78, 5) is 0. The number of para-hydroxylation sites is 1. The molecule has 1 heterocycles. The van der Waals surface area contributed by atoms with Crippen LogP contribution in [0.15, 0.2) is 24.3 Å². The molecular weight excluding hydrogens is 130 g/mol. The van der Waals surface area contributed by atoms with Gasteiger partial charge in [0.1, 0.15) is 5.52 Å². The molecule has 2 rings (SSSR count). The molecule has 51 valence electrons. The largest absolute Gasteiger partial charge is 0.258 e. The van der Waals surface area contributed by atoms with Gasteiger partial charge in [-0.1, -0.05) is 17.3 Å². The summed E-state index contributed by atoms with van der Waals surface area (Å²) in [6, 6.07) is 7.74. The third kappa shape index (κ3) is 0.844. The number of hydrogen-bond donors (Lipinski definition) is 2. The summed E-state index contributed by atoms with van der Waals surface area (Å²) in [5.41, 5.74) is 1.90. The molecule has 0 spiro atoms. The first kappa shape index (κ1) is 6.70. The van der Waals surface area contributed by atoms with Gasteiger partial charge >= 0.3 is 0 Å². The molecule has 0 unspecified atom stereocenters. The zero-order valence-corrected chi connectivity index (χ0v) is 5.15. The molecule has 0 fully saturated rings. The van der Waals surface area contributed by atoms with Crippen LogP contribution in [-0.2, 0) is 0 Å². The molecule has 1 aromatic carbocycles. The smallest absolute Gasteiger partial charge is 0.112 e. The van der Waals surface area contributed by atoms with E-state index in [0.29, 0.717) is 0 Å². The number of nitrogens with one attached hydrogen (secondary N) is 1. The van der Waals surface area contributed by atoms with Gasteiger partial charge in [-0.3, -0.25) is 10.6 Å². The minimum absolute atomic E-state index is 0. The van der Waals surface area contributed by atoms with Crippen LogP contribution >= 0.6 is 0 Å². The first-order chi connectivity index (χ1) is 4.47. The highest BCUT2D eigenvalue weighted by molar-refractivity contribution is 5.72. The first-order valence-electron chi connectivity index (χ1n) is 2.72. The summed E-state index contributed by atoms with van der Waals surface area (Å²) in [6.45, 7) is 0. The van der Waals surface area contributed by atoms with Crippen molar-refractivity contribution in [2.45, 2.75) is 0 Å². The zero-order valence-electron chi connectivity index (χ0n) is 5.15. The molecule has 0 atom stereocenters. The summed E-state index contributed by atoms with van der Waals surface area (Å²) in [5, 5.41) is 10.2. The lowest BCUT2D eigenvalue weighted by atomic mass is 10.3. The predicted octanol–water partition coefficient (Wildman–Crippen LogP) is 0.781. The Kier molecular flexibility index (Phi) is 1.64. The fourth-order valence-electron chi connectivity index (χ4n) is 0.788. The molecule has 0 saturated heterocycles. The van der Waals surface area contributed by atoms with E-state index in [9.17, 15) is 0 Å². The Morgan fingerprint density at radius 1 is 1.20 bits per heavy atom. The van der Waals surface area contributed by atoms with E-state index >= 15 is 0 Å². The van der Waals surface area contributed by atoms with E-state index in [4.69, 9.17) is 0 Å². The molecule has 0 saturated carbocycles. The van der Waals surface area contributed by atoms with E-state index < -0.39 is 0 Å². The van der Waals surface area contributed by atoms with Gasteiger partial charge in [0, 0.05) is 0 Å². The lowest BCUT2D eigenvalue weighted by Gasteiger charge is -1.79. The Morgan fingerprint density at radius 2 is 2.00 bits per heavy atom. The molecule has 2 N–H and O–H groups in total. The molecule has 4 nitrogen and oxygen atoms in total. The fraction of sp³-hybridized carbons (Fsp3) is 0. The van der Waals surface area contributed by atoms with Crippen molar-refractivity contribution >= 4 is 11.0 Å². The number of benzene rings is 1. The van der Waals surface area contributed by atoms with Crippen molar-refractivity contribution in [3.63, 3.8) is 0 Å². The number of H-pyrrole nitrogens is 1. The molecule has 2 aromatic rings. The van der Waals surface area contributed by atoms with Crippen LogP contribution in [0.1, 0.15) is 0 Å². The minimum Gasteiger partial charge on any atom is -0.258 e. The molecule has 0 aliphatic rings. The second-order valence-corrected chi connectivity index (χ2v) is 1.83. The second-order valence-electron chi connectivity index (χ2n) is 1.83. The third-order valence-corrected chi connectivity index (χ3v) is 1.23. The van der Waals surface area contributed by atoms with E-state index in [2.05, 4.69) is 15.4 Å². The van der Waals surface area contributed by atoms with Crippen LogP contribution < -0.4 is 0 Å². The van der Waals surface area contributed by atoms with Crippen molar-refractivity contribution in [2.75, 3.05) is 0 Å². The van der Waals surface area contributed by atoms with Crippen molar-refractivity contribution < 1.29 is 5.48 Å². The Labute approximate surface area is 57.2 Å². The van der Waals surface area contributed by atoms with Crippen LogP contribution in [0.4, 0.5) is 0 Å². The number of fused-ring (bicyclic) bond motifs is 1. The first-order valence-corrected chi connectivity index (χ1v) is 2.72. The summed E-state index contributed by atoms with van der Waals surface area (Å²) < 4.78 is 0. The van der Waals surface area contributed by atoms with Crippen molar-refractivity contribution in [3.8, 4) is 0 Å². The normalized spacial score (nSPS) is 9.20. The second kappa shape index (κ2) is 2.45. The van der Waals surface area contributed by atoms with Crippen LogP contribution in [0.3, 0.4) is 0 Å². The number of hydrogen-bond acceptors (Lipinski definition) is 2. The number of nitrogens with zero attached hydrogens (tertiary/aromatic N) is 2. The predicted molar refractivity (Wildman–Crippen MR) is 35.8 cm³/mol. The maximum atomic E-state index is 3.81. The monoisotopic (exact) mass is 136 g/mol. The van der Waals surface area contributed by atoms with Crippen LogP contribution in [0, 0.1) is 0 Å². The minimum atomic E-state index is 0. The summed E-state index contributed by atoms with van der Waals surface area (Å²) >= 11 is 0. The molecular formula is C6H6N3O. The van der Waals surface area contributed by atoms with E-state index in [-0.39, 0.29) is 5.48 Å². The van der Waals surface area contributed by atoms with Crippen LogP contribution in [0.2, 0.25) is 0 Å². The number of aromatic nitrogens is 3. The SMILES string of the molecule is [OH].c1ccc2[nH]nnc2c1. The lowest BCUT2D eigenvalue weighted by molar-refractivity contribution is 0.824. The Bertz CT molecular complexity index is 287. The molecule has 0 aliphatic carbocycles. The standard InChI is InChI=1S/C6H5N3.HO/c1-2-4-6-5(3-1)7-9-8-6;/h1-4H,(H,7,8,9);1H. The van der Waals surface area contributed by atoms with Gasteiger partial charge in [-0.2, -0.15) is 0 Å². The molecule has 0 aliphatic heterocycles. The van der Waals surface area contributed by atoms with Crippen LogP contribution in [-0.4, -0.2) is 20.9 Å². The number of rotatable bonds is 0. The maximum Gasteiger partial charge on any atom is 0.112 e. The lowest BCUT2D eigenvalue weighted by Crippen LogP contribution is -1.63. The van der Waals surface area contributed by atoms with Crippen molar-refractivity contribution in [2.24, 2.45) is 0 Å². The molecule has 1 radical (unpaired) electrons. The summed E-state index contributed by atoms with van der Waals surface area (Å²) in [6.07, 6.45) is 0. The van der Waals surface area contributed by atoms with Crippen LogP contribution in [0.5, 0.6) is 0 Å². The van der Waals surface area contributed by atoms with Crippen LogP contribution in [0.25, 0.3) is 11.0 Å². The Hall–Kier alpha value is -1.42. The van der Waals surface area contributed by atoms with Gasteiger partial charge in [-0.15, -0.1) is 5.10 Å². The quantitative estimate of drug-likeness (QED) is 0.561. The van der Waals surface area contributed by atoms with E-state index in [1.54, 1.807) is 0 Å². The average molecular weight is 136 g/mol. The highest BCUT2D eigenvalue weighted by Gasteiger charge is 1.90. The average Bonchev–Trinajstić information content (AvgIpc) is 2.33. The molecule has 0 bridgehead atoms. The van der Waals surface area contributed by atoms with Gasteiger partial charge < -0.3 is 0 Å². The van der Waals surface area contributed by atoms with Gasteiger partial charge in [0.2, 0.25) is 0 Å². The highest BCUT2D eigenvalue weighted by atomic mass is 16.0. The summed E-state index contributed by atoms with van der Waals surface area (Å²) in [5.74, 6) is 0. The fourth-order valence-corrected chi connectivity index (χ4v) is 0.788. The van der Waals surface area contributed by atoms with E-state index in [1.807, 2.05) is 24.3 Å². The van der Waals surface area contributed by atoms with Crippen molar-refractivity contribution in [3.05, 3.63) is 24.3 Å². The molecule has 10 heavy (non-hydrogen) atoms. The van der Waals surface area contributed by atoms with Crippen molar-refractivity contribution in [1.29, 1.82) is 0 Å². The molecule has 4 heteroatoms. The van der Waals surface area contributed by atoms with Gasteiger partial charge in [-0.05, 0) is 12.1 Å².